The lowest BCUT2D eigenvalue weighted by Gasteiger charge is -2.37. The molecule has 2 saturated heterocycles. The lowest BCUT2D eigenvalue weighted by molar-refractivity contribution is -0.141. The van der Waals surface area contributed by atoms with Gasteiger partial charge in [0, 0.05) is 40.4 Å². The van der Waals surface area contributed by atoms with Crippen LogP contribution < -0.4 is 5.32 Å². The van der Waals surface area contributed by atoms with Gasteiger partial charge in [-0.25, -0.2) is 0 Å². The Morgan fingerprint density at radius 3 is 2.54 bits per heavy atom. The molecule has 1 amide bonds. The third-order valence-electron chi connectivity index (χ3n) is 5.59. The number of halogens is 2. The Morgan fingerprint density at radius 1 is 1.38 bits per heavy atom. The number of aliphatic hydroxyl groups excluding tert-OH is 1. The number of likely N-dealkylation sites (tertiary alicyclic amines) is 1. The number of amides is 1. The summed E-state index contributed by atoms with van der Waals surface area (Å²) < 4.78 is 5.23. The molecule has 2 rings (SSSR count). The first-order valence-electron chi connectivity index (χ1n) is 9.32. The van der Waals surface area contributed by atoms with Gasteiger partial charge in [0.2, 0.25) is 5.91 Å². The van der Waals surface area contributed by atoms with Crippen molar-refractivity contribution in [2.24, 2.45) is 11.3 Å². The molecule has 0 radical (unpaired) electrons. The summed E-state index contributed by atoms with van der Waals surface area (Å²) in [6, 6.07) is 0. The predicted molar refractivity (Wildman–Crippen MR) is 109 cm³/mol. The maximum Gasteiger partial charge on any atom is 0.229 e. The molecule has 26 heavy (non-hydrogen) atoms. The van der Waals surface area contributed by atoms with Crippen molar-refractivity contribution < 1.29 is 14.6 Å². The molecule has 0 aromatic rings. The van der Waals surface area contributed by atoms with E-state index in [2.05, 4.69) is 10.2 Å². The Hall–Kier alpha value is -0.110. The predicted octanol–water partition coefficient (Wildman–Crippen LogP) is 1.40. The van der Waals surface area contributed by atoms with Gasteiger partial charge in [0.25, 0.3) is 0 Å². The van der Waals surface area contributed by atoms with Crippen molar-refractivity contribution in [1.82, 2.24) is 15.1 Å². The molecular weight excluding hydrogens is 377 g/mol. The highest BCUT2D eigenvalue weighted by Gasteiger charge is 2.42. The lowest BCUT2D eigenvalue weighted by atomic mass is 9.82. The van der Waals surface area contributed by atoms with Crippen LogP contribution in [0.1, 0.15) is 32.6 Å². The van der Waals surface area contributed by atoms with E-state index in [0.29, 0.717) is 12.5 Å². The molecule has 2 aliphatic heterocycles. The number of piperidine rings is 1. The van der Waals surface area contributed by atoms with E-state index in [1.165, 1.54) is 0 Å². The van der Waals surface area contributed by atoms with Crippen LogP contribution in [0.25, 0.3) is 0 Å². The van der Waals surface area contributed by atoms with Gasteiger partial charge in [-0.2, -0.15) is 0 Å². The van der Waals surface area contributed by atoms with E-state index in [1.807, 2.05) is 18.9 Å². The molecule has 6 nitrogen and oxygen atoms in total. The number of carbonyl (C=O) groups excluding carboxylic acids is 1. The highest BCUT2D eigenvalue weighted by molar-refractivity contribution is 5.85. The van der Waals surface area contributed by atoms with Crippen LogP contribution in [-0.4, -0.2) is 87.0 Å². The zero-order valence-corrected chi connectivity index (χ0v) is 18.0. The number of hydrogen-bond acceptors (Lipinski definition) is 5. The Kier molecular flexibility index (Phi) is 12.3. The highest BCUT2D eigenvalue weighted by atomic mass is 35.5. The molecule has 2 heterocycles. The van der Waals surface area contributed by atoms with Gasteiger partial charge < -0.3 is 25.0 Å². The van der Waals surface area contributed by atoms with Crippen LogP contribution in [0.2, 0.25) is 0 Å². The SMILES string of the molecule is COCCC1(C(=O)N(C)CC2CCN(CC(C)O)CC2)CCNC1.Cl.Cl. The lowest BCUT2D eigenvalue weighted by Crippen LogP contribution is -2.47. The van der Waals surface area contributed by atoms with Crippen LogP contribution >= 0.6 is 24.8 Å². The molecule has 2 N–H and O–H groups in total. The average molecular weight is 414 g/mol. The smallest absolute Gasteiger partial charge is 0.229 e. The second kappa shape index (κ2) is 12.4. The van der Waals surface area contributed by atoms with Gasteiger partial charge in [-0.05, 0) is 58.2 Å². The van der Waals surface area contributed by atoms with Crippen molar-refractivity contribution in [2.45, 2.75) is 38.7 Å². The number of nitrogens with one attached hydrogen (secondary N) is 1. The van der Waals surface area contributed by atoms with Crippen molar-refractivity contribution in [2.75, 3.05) is 60.0 Å². The minimum absolute atomic E-state index is 0. The number of nitrogens with zero attached hydrogens (tertiary/aromatic N) is 2. The highest BCUT2D eigenvalue weighted by Crippen LogP contribution is 2.32. The monoisotopic (exact) mass is 413 g/mol. The van der Waals surface area contributed by atoms with Crippen LogP contribution in [0.15, 0.2) is 0 Å². The van der Waals surface area contributed by atoms with Crippen molar-refractivity contribution in [3.8, 4) is 0 Å². The van der Waals surface area contributed by atoms with E-state index in [0.717, 1.165) is 65.0 Å². The standard InChI is InChI=1S/C18H35N3O3.2ClH/c1-15(22)12-21-9-4-16(5-10-21)13-20(2)17(23)18(7-11-24-3)6-8-19-14-18;;/h15-16,19,22H,4-14H2,1-3H3;2*1H. The second-order valence-corrected chi connectivity index (χ2v) is 7.73. The fraction of sp³-hybridized carbons (Fsp3) is 0.944. The summed E-state index contributed by atoms with van der Waals surface area (Å²) in [7, 11) is 3.66. The Morgan fingerprint density at radius 2 is 2.04 bits per heavy atom. The summed E-state index contributed by atoms with van der Waals surface area (Å²) in [4.78, 5) is 17.3. The summed E-state index contributed by atoms with van der Waals surface area (Å²) in [5.41, 5.74) is -0.280. The van der Waals surface area contributed by atoms with Gasteiger partial charge in [0.15, 0.2) is 0 Å². The Bertz CT molecular complexity index is 399. The number of carbonyl (C=O) groups is 1. The fourth-order valence-corrected chi connectivity index (χ4v) is 4.14. The first-order chi connectivity index (χ1) is 11.5. The van der Waals surface area contributed by atoms with Crippen molar-refractivity contribution in [3.63, 3.8) is 0 Å². The molecule has 0 spiro atoms. The van der Waals surface area contributed by atoms with E-state index in [4.69, 9.17) is 4.74 Å². The van der Waals surface area contributed by atoms with Crippen molar-refractivity contribution in [3.05, 3.63) is 0 Å². The van der Waals surface area contributed by atoms with Crippen LogP contribution in [0.4, 0.5) is 0 Å². The minimum Gasteiger partial charge on any atom is -0.392 e. The number of methoxy groups -OCH3 is 1. The van der Waals surface area contributed by atoms with Crippen LogP contribution in [0.5, 0.6) is 0 Å². The normalized spacial score (nSPS) is 25.2. The molecule has 0 saturated carbocycles. The number of rotatable bonds is 8. The first-order valence-corrected chi connectivity index (χ1v) is 9.32. The first kappa shape index (κ1) is 25.9. The number of ether oxygens (including phenoxy) is 1. The van der Waals surface area contributed by atoms with Gasteiger partial charge in [-0.1, -0.05) is 0 Å². The second-order valence-electron chi connectivity index (χ2n) is 7.73. The maximum atomic E-state index is 13.0. The van der Waals surface area contributed by atoms with Crippen molar-refractivity contribution >= 4 is 30.7 Å². The summed E-state index contributed by atoms with van der Waals surface area (Å²) in [6.45, 7) is 7.81. The van der Waals surface area contributed by atoms with E-state index in [1.54, 1.807) is 7.11 Å². The molecule has 2 unspecified atom stereocenters. The van der Waals surface area contributed by atoms with Gasteiger partial charge in [-0.15, -0.1) is 24.8 Å². The molecule has 2 fully saturated rings. The third-order valence-corrected chi connectivity index (χ3v) is 5.59. The van der Waals surface area contributed by atoms with Crippen LogP contribution in [0.3, 0.4) is 0 Å². The summed E-state index contributed by atoms with van der Waals surface area (Å²) in [5, 5.41) is 12.9. The summed E-state index contributed by atoms with van der Waals surface area (Å²) >= 11 is 0. The third kappa shape index (κ3) is 7.13. The number of β-amino-alcohol motifs (C(OH)–C–C–N with tert-alkyl or cyclic N) is 1. The van der Waals surface area contributed by atoms with E-state index < -0.39 is 0 Å². The zero-order valence-electron chi connectivity index (χ0n) is 16.4. The molecule has 0 aromatic heterocycles. The van der Waals surface area contributed by atoms with Gasteiger partial charge in [0.1, 0.15) is 0 Å². The molecule has 8 heteroatoms. The van der Waals surface area contributed by atoms with Gasteiger partial charge in [0.05, 0.1) is 11.5 Å². The van der Waals surface area contributed by atoms with E-state index in [9.17, 15) is 9.90 Å². The Balaban J connectivity index is 0.00000312. The fourth-order valence-electron chi connectivity index (χ4n) is 4.14. The van der Waals surface area contributed by atoms with Crippen LogP contribution in [0, 0.1) is 11.3 Å². The zero-order chi connectivity index (χ0) is 17.6. The molecule has 0 bridgehead atoms. The maximum absolute atomic E-state index is 13.0. The van der Waals surface area contributed by atoms with Gasteiger partial charge >= 0.3 is 0 Å². The number of hydrogen-bond donors (Lipinski definition) is 2. The molecule has 2 atom stereocenters. The molecule has 2 aliphatic rings. The van der Waals surface area contributed by atoms with Crippen LogP contribution in [-0.2, 0) is 9.53 Å². The molecule has 0 aromatic carbocycles. The largest absolute Gasteiger partial charge is 0.392 e. The topological polar surface area (TPSA) is 65.0 Å². The van der Waals surface area contributed by atoms with E-state index in [-0.39, 0.29) is 42.2 Å². The average Bonchev–Trinajstić information content (AvgIpc) is 3.03. The minimum atomic E-state index is -0.280. The molecule has 156 valence electrons. The van der Waals surface area contributed by atoms with Gasteiger partial charge in [-0.3, -0.25) is 4.79 Å². The molecular formula is C18H37Cl2N3O3. The summed E-state index contributed by atoms with van der Waals surface area (Å²) in [6.07, 6.45) is 3.65. The quantitative estimate of drug-likeness (QED) is 0.629. The Labute approximate surface area is 170 Å². The van der Waals surface area contributed by atoms with E-state index >= 15 is 0 Å². The van der Waals surface area contributed by atoms with Crippen molar-refractivity contribution in [1.29, 1.82) is 0 Å². The summed E-state index contributed by atoms with van der Waals surface area (Å²) in [5.74, 6) is 0.842. The molecule has 0 aliphatic carbocycles. The number of aliphatic hydroxyl groups is 1.